The van der Waals surface area contributed by atoms with Crippen molar-refractivity contribution in [2.75, 3.05) is 13.7 Å². The van der Waals surface area contributed by atoms with E-state index in [9.17, 15) is 0 Å². The zero-order chi connectivity index (χ0) is 15.2. The topological polar surface area (TPSA) is 9.23 Å². The Morgan fingerprint density at radius 1 is 1.35 bits per heavy atom. The summed E-state index contributed by atoms with van der Waals surface area (Å²) in [5.41, 5.74) is 2.28. The van der Waals surface area contributed by atoms with Crippen LogP contribution in [0.2, 0.25) is 0 Å². The summed E-state index contributed by atoms with van der Waals surface area (Å²) in [5, 5.41) is 0. The summed E-state index contributed by atoms with van der Waals surface area (Å²) in [5.74, 6) is 2.59. The van der Waals surface area contributed by atoms with E-state index < -0.39 is 0 Å². The van der Waals surface area contributed by atoms with Crippen LogP contribution in [-0.2, 0) is 4.74 Å². The molecule has 118 valence electrons. The summed E-state index contributed by atoms with van der Waals surface area (Å²) in [6, 6.07) is 0. The number of ether oxygens (including phenoxy) is 1. The molecule has 0 radical (unpaired) electrons. The number of hydrogen-bond acceptors (Lipinski definition) is 1. The first-order chi connectivity index (χ1) is 9.58. The van der Waals surface area contributed by atoms with Gasteiger partial charge in [-0.15, -0.1) is 0 Å². The average molecular weight is 280 g/mol. The molecule has 1 saturated carbocycles. The van der Waals surface area contributed by atoms with Crippen molar-refractivity contribution in [2.45, 2.75) is 73.1 Å². The number of fused-ring (bicyclic) bond motifs is 1. The van der Waals surface area contributed by atoms with Gasteiger partial charge in [-0.2, -0.15) is 0 Å². The molecule has 0 N–H and O–H groups in total. The Hall–Kier alpha value is -0.300. The van der Waals surface area contributed by atoms with Gasteiger partial charge in [0.15, 0.2) is 0 Å². The van der Waals surface area contributed by atoms with Crippen LogP contribution in [0.1, 0.15) is 73.1 Å². The van der Waals surface area contributed by atoms with E-state index >= 15 is 0 Å². The van der Waals surface area contributed by atoms with Gasteiger partial charge in [-0.1, -0.05) is 46.3 Å². The van der Waals surface area contributed by atoms with Crippen molar-refractivity contribution in [2.24, 2.45) is 23.2 Å². The molecule has 0 heterocycles. The lowest BCUT2D eigenvalue weighted by atomic mass is 9.57. The lowest BCUT2D eigenvalue weighted by Gasteiger charge is -2.48. The largest absolute Gasteiger partial charge is 0.385 e. The molecule has 4 atom stereocenters. The lowest BCUT2D eigenvalue weighted by Crippen LogP contribution is -2.38. The zero-order valence-electron chi connectivity index (χ0n) is 14.7. The molecule has 2 rings (SSSR count). The third kappa shape index (κ3) is 3.87. The highest BCUT2D eigenvalue weighted by Gasteiger charge is 2.42. The van der Waals surface area contributed by atoms with Crippen LogP contribution < -0.4 is 0 Å². The van der Waals surface area contributed by atoms with Crippen LogP contribution in [0.25, 0.3) is 0 Å². The first-order valence-corrected chi connectivity index (χ1v) is 8.76. The van der Waals surface area contributed by atoms with E-state index in [0.29, 0.717) is 5.41 Å². The normalized spacial score (nSPS) is 34.4. The fraction of sp³-hybridized carbons (Fsp3) is 0.895. The molecule has 0 aromatic heterocycles. The van der Waals surface area contributed by atoms with Crippen LogP contribution in [0.5, 0.6) is 0 Å². The van der Waals surface area contributed by atoms with Gasteiger partial charge >= 0.3 is 0 Å². The van der Waals surface area contributed by atoms with E-state index in [0.717, 1.165) is 24.4 Å². The minimum atomic E-state index is 0.502. The van der Waals surface area contributed by atoms with Crippen LogP contribution in [0.3, 0.4) is 0 Å². The van der Waals surface area contributed by atoms with Gasteiger partial charge in [-0.25, -0.2) is 0 Å². The van der Waals surface area contributed by atoms with Crippen molar-refractivity contribution in [3.63, 3.8) is 0 Å². The number of methoxy groups -OCH3 is 1. The van der Waals surface area contributed by atoms with Crippen molar-refractivity contribution in [1.82, 2.24) is 0 Å². The molecule has 0 bridgehead atoms. The Morgan fingerprint density at radius 3 is 2.70 bits per heavy atom. The maximum absolute atomic E-state index is 5.24. The fourth-order valence-electron chi connectivity index (χ4n) is 4.11. The van der Waals surface area contributed by atoms with Crippen LogP contribution in [0, 0.1) is 23.2 Å². The molecular weight excluding hydrogens is 244 g/mol. The summed E-state index contributed by atoms with van der Waals surface area (Å²) in [6.07, 6.45) is 10.6. The van der Waals surface area contributed by atoms with E-state index in [1.54, 1.807) is 5.57 Å². The number of hydrogen-bond donors (Lipinski definition) is 0. The van der Waals surface area contributed by atoms with Crippen molar-refractivity contribution >= 4 is 0 Å². The molecule has 0 amide bonds. The van der Waals surface area contributed by atoms with Crippen molar-refractivity contribution in [3.05, 3.63) is 11.6 Å². The molecule has 20 heavy (non-hydrogen) atoms. The Morgan fingerprint density at radius 2 is 2.05 bits per heavy atom. The second-order valence-electron chi connectivity index (χ2n) is 6.89. The summed E-state index contributed by atoms with van der Waals surface area (Å²) >= 11 is 0. The highest BCUT2D eigenvalue weighted by molar-refractivity contribution is 5.21. The maximum atomic E-state index is 5.24. The molecule has 0 spiro atoms. The summed E-state index contributed by atoms with van der Waals surface area (Å²) in [4.78, 5) is 0. The van der Waals surface area contributed by atoms with Gasteiger partial charge < -0.3 is 4.74 Å². The monoisotopic (exact) mass is 280 g/mol. The van der Waals surface area contributed by atoms with Gasteiger partial charge in [-0.05, 0) is 61.7 Å². The minimum Gasteiger partial charge on any atom is -0.385 e. The van der Waals surface area contributed by atoms with E-state index in [4.69, 9.17) is 4.74 Å². The highest BCUT2D eigenvalue weighted by Crippen LogP contribution is 2.53. The van der Waals surface area contributed by atoms with Crippen molar-refractivity contribution in [3.8, 4) is 0 Å². The van der Waals surface area contributed by atoms with Crippen LogP contribution in [-0.4, -0.2) is 13.7 Å². The van der Waals surface area contributed by atoms with Gasteiger partial charge in [0, 0.05) is 13.7 Å². The van der Waals surface area contributed by atoms with E-state index in [2.05, 4.69) is 26.8 Å². The molecule has 0 saturated heterocycles. The standard InChI is InChI=1S/C17H30O.C2H6/c1-13(10-11-18-4)15-8-9-16-7-5-6-14(2)17(16,3)12-15;1-2/h7,13-15H,5-6,8-12H2,1-4H3;1-2H3/t13?,14-,15-,17+;/m1./s1. The first kappa shape index (κ1) is 17.8. The molecule has 1 fully saturated rings. The van der Waals surface area contributed by atoms with Gasteiger partial charge in [0.25, 0.3) is 0 Å². The van der Waals surface area contributed by atoms with Gasteiger partial charge in [-0.3, -0.25) is 0 Å². The molecule has 0 aromatic rings. The molecule has 0 aliphatic heterocycles. The highest BCUT2D eigenvalue weighted by atomic mass is 16.5. The summed E-state index contributed by atoms with van der Waals surface area (Å²) < 4.78 is 5.24. The van der Waals surface area contributed by atoms with Crippen LogP contribution in [0.15, 0.2) is 11.6 Å². The Bertz CT molecular complexity index is 307. The predicted molar refractivity (Wildman–Crippen MR) is 88.9 cm³/mol. The van der Waals surface area contributed by atoms with E-state index in [1.807, 2.05) is 21.0 Å². The zero-order valence-corrected chi connectivity index (χ0v) is 14.7. The SMILES string of the molecule is CC.COCCC(C)[C@@H]1CCC2=CCC[C@@H](C)[C@]2(C)C1. The molecule has 1 unspecified atom stereocenters. The number of rotatable bonds is 4. The van der Waals surface area contributed by atoms with Crippen molar-refractivity contribution < 1.29 is 4.74 Å². The Kier molecular flexibility index (Phi) is 7.29. The van der Waals surface area contributed by atoms with Crippen LogP contribution in [0.4, 0.5) is 0 Å². The number of allylic oxidation sites excluding steroid dienone is 2. The fourth-order valence-corrected chi connectivity index (χ4v) is 4.11. The quantitative estimate of drug-likeness (QED) is 0.587. The van der Waals surface area contributed by atoms with Crippen molar-refractivity contribution in [1.29, 1.82) is 0 Å². The Balaban J connectivity index is 0.000000956. The average Bonchev–Trinajstić information content (AvgIpc) is 2.47. The Labute approximate surface area is 127 Å². The minimum absolute atomic E-state index is 0.502. The van der Waals surface area contributed by atoms with E-state index in [1.165, 1.54) is 38.5 Å². The van der Waals surface area contributed by atoms with E-state index in [-0.39, 0.29) is 0 Å². The molecule has 2 aliphatic rings. The van der Waals surface area contributed by atoms with Gasteiger partial charge in [0.05, 0.1) is 0 Å². The molecule has 1 nitrogen and oxygen atoms in total. The third-order valence-electron chi connectivity index (χ3n) is 5.86. The second-order valence-corrected chi connectivity index (χ2v) is 6.89. The first-order valence-electron chi connectivity index (χ1n) is 8.76. The van der Waals surface area contributed by atoms with Gasteiger partial charge in [0.2, 0.25) is 0 Å². The lowest BCUT2D eigenvalue weighted by molar-refractivity contribution is 0.0947. The van der Waals surface area contributed by atoms with Gasteiger partial charge in [0.1, 0.15) is 0 Å². The van der Waals surface area contributed by atoms with Crippen LogP contribution >= 0.6 is 0 Å². The predicted octanol–water partition coefficient (Wildman–Crippen LogP) is 5.85. The summed E-state index contributed by atoms with van der Waals surface area (Å²) in [7, 11) is 1.82. The molecule has 1 heteroatoms. The summed E-state index contributed by atoms with van der Waals surface area (Å²) in [6.45, 7) is 12.3. The molecule has 0 aromatic carbocycles. The second kappa shape index (κ2) is 8.22. The molecular formula is C19H36O. The smallest absolute Gasteiger partial charge is 0.0464 e. The molecule has 2 aliphatic carbocycles. The third-order valence-corrected chi connectivity index (χ3v) is 5.86. The maximum Gasteiger partial charge on any atom is 0.0464 e.